The normalized spacial score (nSPS) is 38.7. The molecule has 1 heterocycles. The van der Waals surface area contributed by atoms with Crippen LogP contribution in [-0.4, -0.2) is 18.1 Å². The van der Waals surface area contributed by atoms with Crippen LogP contribution in [0.4, 0.5) is 0 Å². The van der Waals surface area contributed by atoms with Crippen molar-refractivity contribution in [3.63, 3.8) is 0 Å². The van der Waals surface area contributed by atoms with Crippen LogP contribution in [-0.2, 0) is 9.63 Å². The zero-order valence-corrected chi connectivity index (χ0v) is 8.24. The fourth-order valence-electron chi connectivity index (χ4n) is 3.43. The Morgan fingerprint density at radius 2 is 2.21 bits per heavy atom. The van der Waals surface area contributed by atoms with Gasteiger partial charge >= 0.3 is 0 Å². The molecule has 3 heteroatoms. The van der Waals surface area contributed by atoms with Gasteiger partial charge in [-0.1, -0.05) is 18.0 Å². The summed E-state index contributed by atoms with van der Waals surface area (Å²) in [6.45, 7) is 0. The molecule has 2 aliphatic carbocycles. The lowest BCUT2D eigenvalue weighted by atomic mass is 9.66. The molecule has 2 saturated carbocycles. The smallest absolute Gasteiger partial charge is 0.141 e. The Balaban J connectivity index is 1.92. The molecule has 2 atom stereocenters. The van der Waals surface area contributed by atoms with Gasteiger partial charge in [0.05, 0.1) is 6.21 Å². The maximum atomic E-state index is 11.6. The first-order valence-corrected chi connectivity index (χ1v) is 5.51. The molecule has 0 N–H and O–H groups in total. The molecule has 2 unspecified atom stereocenters. The third-order valence-corrected chi connectivity index (χ3v) is 4.03. The van der Waals surface area contributed by atoms with Gasteiger partial charge in [-0.15, -0.1) is 0 Å². The number of hydrogen-bond acceptors (Lipinski definition) is 3. The number of rotatable bonds is 0. The Bertz CT molecular complexity index is 292. The molecule has 0 radical (unpaired) electrons. The second kappa shape index (κ2) is 2.81. The number of carbonyl (C=O) groups excluding carboxylic acids is 1. The van der Waals surface area contributed by atoms with Crippen LogP contribution in [0.25, 0.3) is 0 Å². The minimum Gasteiger partial charge on any atom is -0.391 e. The lowest BCUT2D eigenvalue weighted by molar-refractivity contribution is -0.134. The van der Waals surface area contributed by atoms with Crippen LogP contribution in [0.2, 0.25) is 0 Å². The maximum Gasteiger partial charge on any atom is 0.141 e. The van der Waals surface area contributed by atoms with E-state index in [2.05, 4.69) is 5.16 Å². The molecule has 0 aromatic carbocycles. The molecule has 0 aromatic rings. The molecule has 3 rings (SSSR count). The molecule has 1 spiro atoms. The van der Waals surface area contributed by atoms with E-state index in [1.807, 2.05) is 6.21 Å². The first-order chi connectivity index (χ1) is 6.80. The highest BCUT2D eigenvalue weighted by Gasteiger charge is 2.52. The number of fused-ring (bicyclic) bond motifs is 2. The van der Waals surface area contributed by atoms with E-state index in [-0.39, 0.29) is 17.4 Å². The Morgan fingerprint density at radius 1 is 1.43 bits per heavy atom. The van der Waals surface area contributed by atoms with Crippen LogP contribution in [0.15, 0.2) is 5.16 Å². The topological polar surface area (TPSA) is 38.7 Å². The van der Waals surface area contributed by atoms with Gasteiger partial charge in [0.2, 0.25) is 0 Å². The minimum absolute atomic E-state index is 0.149. The molecule has 76 valence electrons. The fraction of sp³-hybridized carbons (Fsp3) is 0.818. The summed E-state index contributed by atoms with van der Waals surface area (Å²) in [6, 6.07) is 0. The van der Waals surface area contributed by atoms with Crippen LogP contribution in [0, 0.1) is 11.3 Å². The lowest BCUT2D eigenvalue weighted by Crippen LogP contribution is -2.44. The van der Waals surface area contributed by atoms with E-state index in [0.29, 0.717) is 12.2 Å². The molecule has 0 bridgehead atoms. The Kier molecular flexibility index (Phi) is 1.70. The third-order valence-electron chi connectivity index (χ3n) is 4.03. The zero-order chi connectivity index (χ0) is 9.60. The molecule has 0 amide bonds. The van der Waals surface area contributed by atoms with Gasteiger partial charge in [0.15, 0.2) is 0 Å². The highest BCUT2D eigenvalue weighted by atomic mass is 16.6. The van der Waals surface area contributed by atoms with Crippen molar-refractivity contribution >= 4 is 12.0 Å². The van der Waals surface area contributed by atoms with Crippen LogP contribution in [0.5, 0.6) is 0 Å². The summed E-state index contributed by atoms with van der Waals surface area (Å²) in [7, 11) is 0. The van der Waals surface area contributed by atoms with Crippen LogP contribution < -0.4 is 0 Å². The van der Waals surface area contributed by atoms with Crippen molar-refractivity contribution < 1.29 is 9.63 Å². The van der Waals surface area contributed by atoms with Gasteiger partial charge in [-0.3, -0.25) is 4.79 Å². The summed E-state index contributed by atoms with van der Waals surface area (Å²) < 4.78 is 0. The van der Waals surface area contributed by atoms with Gasteiger partial charge in [-0.25, -0.2) is 0 Å². The van der Waals surface area contributed by atoms with Crippen molar-refractivity contribution in [2.75, 3.05) is 0 Å². The Hall–Kier alpha value is -0.860. The van der Waals surface area contributed by atoms with Crippen LogP contribution in [0.1, 0.15) is 38.5 Å². The number of carbonyl (C=O) groups is 1. The zero-order valence-electron chi connectivity index (χ0n) is 8.24. The Morgan fingerprint density at radius 3 is 3.00 bits per heavy atom. The molecule has 0 aromatic heterocycles. The minimum atomic E-state index is 0.149. The predicted octanol–water partition coefficient (Wildman–Crippen LogP) is 1.91. The highest BCUT2D eigenvalue weighted by molar-refractivity contribution is 5.85. The van der Waals surface area contributed by atoms with Crippen molar-refractivity contribution in [3.05, 3.63) is 0 Å². The first-order valence-electron chi connectivity index (χ1n) is 5.51. The monoisotopic (exact) mass is 193 g/mol. The van der Waals surface area contributed by atoms with Crippen molar-refractivity contribution in [1.82, 2.24) is 0 Å². The average Bonchev–Trinajstić information content (AvgIpc) is 2.73. The molecular weight excluding hydrogens is 178 g/mol. The molecule has 2 fully saturated rings. The fourth-order valence-corrected chi connectivity index (χ4v) is 3.43. The third kappa shape index (κ3) is 1.04. The number of oxime groups is 1. The maximum absolute atomic E-state index is 11.6. The van der Waals surface area contributed by atoms with Gasteiger partial charge in [-0.2, -0.15) is 0 Å². The van der Waals surface area contributed by atoms with Crippen LogP contribution in [0.3, 0.4) is 0 Å². The first kappa shape index (κ1) is 8.45. The SMILES string of the molecule is O=C1CC2C=NOC2C2(CCCC2)C1. The van der Waals surface area contributed by atoms with E-state index >= 15 is 0 Å². The Labute approximate surface area is 83.5 Å². The van der Waals surface area contributed by atoms with E-state index in [4.69, 9.17) is 4.84 Å². The van der Waals surface area contributed by atoms with Gasteiger partial charge in [0.1, 0.15) is 11.9 Å². The molecule has 1 aliphatic heterocycles. The van der Waals surface area contributed by atoms with E-state index in [0.717, 1.165) is 19.3 Å². The van der Waals surface area contributed by atoms with Gasteiger partial charge in [-0.05, 0) is 12.8 Å². The molecule has 3 nitrogen and oxygen atoms in total. The molecule has 0 saturated heterocycles. The second-order valence-corrected chi connectivity index (χ2v) is 4.93. The molecule has 3 aliphatic rings. The van der Waals surface area contributed by atoms with Crippen molar-refractivity contribution in [3.8, 4) is 0 Å². The van der Waals surface area contributed by atoms with E-state index in [1.54, 1.807) is 0 Å². The summed E-state index contributed by atoms with van der Waals surface area (Å²) in [4.78, 5) is 17.1. The quantitative estimate of drug-likeness (QED) is 0.589. The molecule has 14 heavy (non-hydrogen) atoms. The van der Waals surface area contributed by atoms with Crippen molar-refractivity contribution in [2.45, 2.75) is 44.6 Å². The van der Waals surface area contributed by atoms with Gasteiger partial charge in [0.25, 0.3) is 0 Å². The van der Waals surface area contributed by atoms with E-state index in [9.17, 15) is 4.79 Å². The largest absolute Gasteiger partial charge is 0.391 e. The second-order valence-electron chi connectivity index (χ2n) is 4.93. The summed E-state index contributed by atoms with van der Waals surface area (Å²) >= 11 is 0. The summed E-state index contributed by atoms with van der Waals surface area (Å²) in [6.07, 6.45) is 8.24. The number of Topliss-reactive ketones (excluding diaryl/α,β-unsaturated/α-hetero) is 1. The van der Waals surface area contributed by atoms with Gasteiger partial charge in [0, 0.05) is 24.2 Å². The number of hydrogen-bond donors (Lipinski definition) is 0. The van der Waals surface area contributed by atoms with Crippen molar-refractivity contribution in [2.24, 2.45) is 16.5 Å². The van der Waals surface area contributed by atoms with Gasteiger partial charge < -0.3 is 4.84 Å². The molecular formula is C11H15NO2. The summed E-state index contributed by atoms with van der Waals surface area (Å²) in [5.74, 6) is 0.680. The standard InChI is InChI=1S/C11H15NO2/c13-9-5-8-7-12-14-10(8)11(6-9)3-1-2-4-11/h7-8,10H,1-6H2. The highest BCUT2D eigenvalue weighted by Crippen LogP contribution is 2.51. The summed E-state index contributed by atoms with van der Waals surface area (Å²) in [5, 5.41) is 3.90. The average molecular weight is 193 g/mol. The van der Waals surface area contributed by atoms with Crippen molar-refractivity contribution in [1.29, 1.82) is 0 Å². The van der Waals surface area contributed by atoms with E-state index in [1.165, 1.54) is 12.8 Å². The number of nitrogens with zero attached hydrogens (tertiary/aromatic N) is 1. The summed E-state index contributed by atoms with van der Waals surface area (Å²) in [5.41, 5.74) is 0.149. The van der Waals surface area contributed by atoms with Crippen LogP contribution >= 0.6 is 0 Å². The number of ketones is 1. The lowest BCUT2D eigenvalue weighted by Gasteiger charge is -2.39. The van der Waals surface area contributed by atoms with E-state index < -0.39 is 0 Å². The predicted molar refractivity (Wildman–Crippen MR) is 52.0 cm³/mol.